The van der Waals surface area contributed by atoms with Gasteiger partial charge in [-0.1, -0.05) is 43.3 Å². The van der Waals surface area contributed by atoms with E-state index in [1.54, 1.807) is 41.3 Å². The summed E-state index contributed by atoms with van der Waals surface area (Å²) in [5.74, 6) is -0.785. The molecule has 3 aromatic rings. The molecule has 0 aliphatic carbocycles. The number of carbonyl (C=O) groups excluding carboxylic acids is 2. The maximum atomic E-state index is 12.9. The van der Waals surface area contributed by atoms with E-state index in [0.29, 0.717) is 23.7 Å². The summed E-state index contributed by atoms with van der Waals surface area (Å²) >= 11 is 0. The maximum absolute atomic E-state index is 12.9. The van der Waals surface area contributed by atoms with E-state index in [9.17, 15) is 14.4 Å². The maximum Gasteiger partial charge on any atom is 0.326 e. The molecule has 0 saturated heterocycles. The third kappa shape index (κ3) is 5.83. The van der Waals surface area contributed by atoms with Crippen molar-refractivity contribution in [2.75, 3.05) is 29.2 Å². The summed E-state index contributed by atoms with van der Waals surface area (Å²) in [5, 5.41) is 14.8. The minimum atomic E-state index is -0.865. The number of hydrogen-bond acceptors (Lipinski definition) is 4. The van der Waals surface area contributed by atoms with Crippen molar-refractivity contribution in [2.24, 2.45) is 0 Å². The quantitative estimate of drug-likeness (QED) is 0.412. The number of carboxylic acids is 1. The largest absolute Gasteiger partial charge is 0.495 e. The Morgan fingerprint density at radius 2 is 1.83 bits per heavy atom. The summed E-state index contributed by atoms with van der Waals surface area (Å²) in [5.41, 5.74) is 4.75. The molecule has 1 unspecified atom stereocenters. The van der Waals surface area contributed by atoms with Gasteiger partial charge in [0.2, 0.25) is 5.91 Å². The molecule has 8 nitrogen and oxygen atoms in total. The van der Waals surface area contributed by atoms with Gasteiger partial charge in [-0.2, -0.15) is 0 Å². The summed E-state index contributed by atoms with van der Waals surface area (Å²) in [4.78, 5) is 38.3. The molecule has 0 radical (unpaired) electrons. The van der Waals surface area contributed by atoms with E-state index >= 15 is 0 Å². The molecular formula is C28H29N3O5. The van der Waals surface area contributed by atoms with Crippen LogP contribution in [0.4, 0.5) is 21.9 Å². The molecule has 1 heterocycles. The number of ether oxygens (including phenoxy) is 1. The lowest BCUT2D eigenvalue weighted by Gasteiger charge is -2.19. The van der Waals surface area contributed by atoms with E-state index in [1.165, 1.54) is 7.11 Å². The predicted molar refractivity (Wildman–Crippen MR) is 139 cm³/mol. The van der Waals surface area contributed by atoms with E-state index in [1.807, 2.05) is 37.3 Å². The number of carbonyl (C=O) groups is 3. The second-order valence-electron chi connectivity index (χ2n) is 8.84. The van der Waals surface area contributed by atoms with Crippen LogP contribution in [0, 0.1) is 0 Å². The van der Waals surface area contributed by atoms with Crippen LogP contribution in [0.25, 0.3) is 0 Å². The van der Waals surface area contributed by atoms with Crippen LogP contribution in [0.3, 0.4) is 0 Å². The second-order valence-corrected chi connectivity index (χ2v) is 8.84. The molecule has 1 aliphatic heterocycles. The Kier molecular flexibility index (Phi) is 7.53. The molecule has 1 aliphatic rings. The normalized spacial score (nSPS) is 13.0. The van der Waals surface area contributed by atoms with Crippen LogP contribution in [0.1, 0.15) is 36.0 Å². The van der Waals surface area contributed by atoms with Crippen molar-refractivity contribution in [3.05, 3.63) is 83.4 Å². The standard InChI is InChI=1S/C28H29N3O5/c1-18(14-27(33)34)21-7-5-8-22(17-21)29-26(32)16-19-10-11-23(25(15-19)36-2)30-28(35)31-13-12-20-6-3-4-9-24(20)31/h3-11,15,17-18H,12-14,16H2,1-2H3,(H,29,32)(H,30,35)(H,33,34). The number of benzene rings is 3. The zero-order chi connectivity index (χ0) is 25.7. The first kappa shape index (κ1) is 24.8. The van der Waals surface area contributed by atoms with Gasteiger partial charge in [-0.3, -0.25) is 14.5 Å². The van der Waals surface area contributed by atoms with E-state index in [2.05, 4.69) is 10.6 Å². The van der Waals surface area contributed by atoms with Crippen LogP contribution >= 0.6 is 0 Å². The number of carboxylic acid groups (broad SMARTS) is 1. The number of rotatable bonds is 8. The van der Waals surface area contributed by atoms with Crippen molar-refractivity contribution >= 4 is 35.0 Å². The number of fused-ring (bicyclic) bond motifs is 1. The van der Waals surface area contributed by atoms with Crippen molar-refractivity contribution in [2.45, 2.75) is 32.1 Å². The number of urea groups is 1. The summed E-state index contributed by atoms with van der Waals surface area (Å²) in [6.45, 7) is 2.45. The fourth-order valence-electron chi connectivity index (χ4n) is 4.37. The zero-order valence-corrected chi connectivity index (χ0v) is 20.3. The van der Waals surface area contributed by atoms with Crippen LogP contribution in [-0.4, -0.2) is 36.7 Å². The Bertz CT molecular complexity index is 1290. The number of aliphatic carboxylic acids is 1. The van der Waals surface area contributed by atoms with Gasteiger partial charge in [-0.15, -0.1) is 0 Å². The first-order valence-corrected chi connectivity index (χ1v) is 11.8. The minimum absolute atomic E-state index is 0.0182. The first-order chi connectivity index (χ1) is 17.3. The molecule has 1 atom stereocenters. The number of amides is 3. The van der Waals surface area contributed by atoms with Gasteiger partial charge in [-0.25, -0.2) is 4.79 Å². The van der Waals surface area contributed by atoms with E-state index in [-0.39, 0.29) is 30.7 Å². The van der Waals surface area contributed by atoms with Crippen molar-refractivity contribution < 1.29 is 24.2 Å². The molecule has 0 saturated carbocycles. The molecule has 0 fully saturated rings. The topological polar surface area (TPSA) is 108 Å². The Morgan fingerprint density at radius 1 is 1.03 bits per heavy atom. The van der Waals surface area contributed by atoms with Gasteiger partial charge < -0.3 is 20.5 Å². The predicted octanol–water partition coefficient (Wildman–Crippen LogP) is 5.05. The lowest BCUT2D eigenvalue weighted by atomic mass is 9.97. The van der Waals surface area contributed by atoms with Gasteiger partial charge in [0.25, 0.3) is 0 Å². The molecule has 4 rings (SSSR count). The van der Waals surface area contributed by atoms with E-state index in [4.69, 9.17) is 9.84 Å². The molecule has 3 N–H and O–H groups in total. The van der Waals surface area contributed by atoms with Gasteiger partial charge >= 0.3 is 12.0 Å². The van der Waals surface area contributed by atoms with Gasteiger partial charge in [0.1, 0.15) is 5.75 Å². The molecule has 3 aromatic carbocycles. The lowest BCUT2D eigenvalue weighted by molar-refractivity contribution is -0.137. The summed E-state index contributed by atoms with van der Waals surface area (Å²) in [7, 11) is 1.52. The number of methoxy groups -OCH3 is 1. The van der Waals surface area contributed by atoms with E-state index in [0.717, 1.165) is 28.8 Å². The fraction of sp³-hybridized carbons (Fsp3) is 0.250. The fourth-order valence-corrected chi connectivity index (χ4v) is 4.37. The van der Waals surface area contributed by atoms with Gasteiger partial charge in [-0.05, 0) is 59.4 Å². The third-order valence-electron chi connectivity index (χ3n) is 6.22. The molecule has 3 amide bonds. The molecule has 0 aromatic heterocycles. The Morgan fingerprint density at radius 3 is 2.61 bits per heavy atom. The first-order valence-electron chi connectivity index (χ1n) is 11.8. The molecule has 8 heteroatoms. The lowest BCUT2D eigenvalue weighted by Crippen LogP contribution is -2.33. The van der Waals surface area contributed by atoms with Crippen molar-refractivity contribution in [1.82, 2.24) is 0 Å². The average molecular weight is 488 g/mol. The van der Waals surface area contributed by atoms with Crippen molar-refractivity contribution in [3.8, 4) is 5.75 Å². The Balaban J connectivity index is 1.40. The molecule has 0 spiro atoms. The van der Waals surface area contributed by atoms with Crippen LogP contribution in [-0.2, 0) is 22.4 Å². The highest BCUT2D eigenvalue weighted by atomic mass is 16.5. The number of nitrogens with one attached hydrogen (secondary N) is 2. The highest BCUT2D eigenvalue weighted by Gasteiger charge is 2.25. The van der Waals surface area contributed by atoms with Gasteiger partial charge in [0, 0.05) is 17.9 Å². The SMILES string of the molecule is COc1cc(CC(=O)Nc2cccc(C(C)CC(=O)O)c2)ccc1NC(=O)N1CCc2ccccc21. The highest BCUT2D eigenvalue weighted by molar-refractivity contribution is 6.04. The number of para-hydroxylation sites is 1. The highest BCUT2D eigenvalue weighted by Crippen LogP contribution is 2.31. The van der Waals surface area contributed by atoms with Gasteiger partial charge in [0.05, 0.1) is 25.6 Å². The molecule has 0 bridgehead atoms. The van der Waals surface area contributed by atoms with Crippen LogP contribution in [0.5, 0.6) is 5.75 Å². The number of nitrogens with zero attached hydrogens (tertiary/aromatic N) is 1. The Hall–Kier alpha value is -4.33. The summed E-state index contributed by atoms with van der Waals surface area (Å²) in [6.07, 6.45) is 0.944. The van der Waals surface area contributed by atoms with Crippen molar-refractivity contribution in [1.29, 1.82) is 0 Å². The van der Waals surface area contributed by atoms with Gasteiger partial charge in [0.15, 0.2) is 0 Å². The number of hydrogen-bond donors (Lipinski definition) is 3. The summed E-state index contributed by atoms with van der Waals surface area (Å²) in [6, 6.07) is 20.1. The number of anilines is 3. The van der Waals surface area contributed by atoms with E-state index < -0.39 is 5.97 Å². The van der Waals surface area contributed by atoms with Crippen LogP contribution in [0.2, 0.25) is 0 Å². The van der Waals surface area contributed by atoms with Crippen LogP contribution in [0.15, 0.2) is 66.7 Å². The smallest absolute Gasteiger partial charge is 0.326 e. The summed E-state index contributed by atoms with van der Waals surface area (Å²) < 4.78 is 5.48. The van der Waals surface area contributed by atoms with Crippen molar-refractivity contribution in [3.63, 3.8) is 0 Å². The molecular weight excluding hydrogens is 458 g/mol. The monoisotopic (exact) mass is 487 g/mol. The third-order valence-corrected chi connectivity index (χ3v) is 6.22. The molecule has 36 heavy (non-hydrogen) atoms. The average Bonchev–Trinajstić information content (AvgIpc) is 3.29. The van der Waals surface area contributed by atoms with Crippen LogP contribution < -0.4 is 20.3 Å². The zero-order valence-electron chi connectivity index (χ0n) is 20.3. The minimum Gasteiger partial charge on any atom is -0.495 e. The Labute approximate surface area is 209 Å². The second kappa shape index (κ2) is 10.9. The molecule has 186 valence electrons.